The van der Waals surface area contributed by atoms with Crippen molar-refractivity contribution in [3.05, 3.63) is 59.4 Å². The second kappa shape index (κ2) is 7.55. The molecule has 0 aliphatic carbocycles. The maximum Gasteiger partial charge on any atom is 0.317 e. The molecular weight excluding hydrogens is 314 g/mol. The van der Waals surface area contributed by atoms with Gasteiger partial charge in [0, 0.05) is 24.8 Å². The van der Waals surface area contributed by atoms with Gasteiger partial charge in [-0.1, -0.05) is 29.8 Å². The van der Waals surface area contributed by atoms with Gasteiger partial charge in [-0.3, -0.25) is 4.98 Å². The highest BCUT2D eigenvalue weighted by atomic mass is 16.5. The number of hydrogen-bond acceptors (Lipinski definition) is 3. The Bertz CT molecular complexity index is 724. The molecule has 1 atom stereocenters. The van der Waals surface area contributed by atoms with Gasteiger partial charge >= 0.3 is 6.03 Å². The van der Waals surface area contributed by atoms with Crippen molar-refractivity contribution in [2.75, 3.05) is 20.2 Å². The number of amides is 2. The monoisotopic (exact) mass is 339 g/mol. The second-order valence-electron chi connectivity index (χ2n) is 6.75. The number of ether oxygens (including phenoxy) is 1. The van der Waals surface area contributed by atoms with Crippen molar-refractivity contribution in [2.24, 2.45) is 5.92 Å². The Morgan fingerprint density at radius 1 is 1.32 bits per heavy atom. The Balaban J connectivity index is 1.49. The number of nitrogens with zero attached hydrogens (tertiary/aromatic N) is 2. The van der Waals surface area contributed by atoms with Gasteiger partial charge < -0.3 is 15.0 Å². The van der Waals surface area contributed by atoms with Crippen molar-refractivity contribution >= 4 is 6.03 Å². The summed E-state index contributed by atoms with van der Waals surface area (Å²) in [4.78, 5) is 18.3. The molecule has 2 amide bonds. The van der Waals surface area contributed by atoms with E-state index >= 15 is 0 Å². The van der Waals surface area contributed by atoms with Gasteiger partial charge in [0.15, 0.2) is 0 Å². The number of rotatable bonds is 5. The topological polar surface area (TPSA) is 54.5 Å². The molecule has 2 aromatic rings. The van der Waals surface area contributed by atoms with Crippen molar-refractivity contribution in [2.45, 2.75) is 26.3 Å². The molecule has 0 bridgehead atoms. The smallest absolute Gasteiger partial charge is 0.317 e. The van der Waals surface area contributed by atoms with Crippen molar-refractivity contribution in [3.63, 3.8) is 0 Å². The molecule has 132 valence electrons. The minimum Gasteiger partial charge on any atom is -0.495 e. The first-order valence-corrected chi connectivity index (χ1v) is 8.65. The first-order valence-electron chi connectivity index (χ1n) is 8.65. The number of pyridine rings is 1. The molecule has 2 heterocycles. The third-order valence-corrected chi connectivity index (χ3v) is 4.73. The number of aryl methyl sites for hydroxylation is 1. The van der Waals surface area contributed by atoms with Crippen LogP contribution in [-0.4, -0.2) is 36.1 Å². The zero-order chi connectivity index (χ0) is 17.8. The van der Waals surface area contributed by atoms with Crippen LogP contribution in [0.15, 0.2) is 42.7 Å². The molecule has 0 saturated carbocycles. The standard InChI is InChI=1S/C20H25N3O2/c1-14-4-6-16(7-5-14)10-17-12-23(13-17)20(24)22-15(2)18-8-9-21-11-19(18)25-3/h4-9,11,15,17H,10,12-13H2,1-3H3,(H,22,24). The van der Waals surface area contributed by atoms with Crippen molar-refractivity contribution in [1.29, 1.82) is 0 Å². The van der Waals surface area contributed by atoms with E-state index in [4.69, 9.17) is 4.74 Å². The van der Waals surface area contributed by atoms with Crippen molar-refractivity contribution in [3.8, 4) is 5.75 Å². The van der Waals surface area contributed by atoms with Crippen molar-refractivity contribution in [1.82, 2.24) is 15.2 Å². The van der Waals surface area contributed by atoms with E-state index in [1.807, 2.05) is 17.9 Å². The second-order valence-corrected chi connectivity index (χ2v) is 6.75. The lowest BCUT2D eigenvalue weighted by atomic mass is 9.92. The first kappa shape index (κ1) is 17.3. The molecule has 5 nitrogen and oxygen atoms in total. The lowest BCUT2D eigenvalue weighted by Crippen LogP contribution is -2.54. The van der Waals surface area contributed by atoms with Gasteiger partial charge in [-0.2, -0.15) is 0 Å². The summed E-state index contributed by atoms with van der Waals surface area (Å²) >= 11 is 0. The lowest BCUT2D eigenvalue weighted by Gasteiger charge is -2.40. The Kier molecular flexibility index (Phi) is 5.22. The average Bonchev–Trinajstić information content (AvgIpc) is 2.59. The van der Waals surface area contributed by atoms with Gasteiger partial charge in [-0.15, -0.1) is 0 Å². The average molecular weight is 339 g/mol. The largest absolute Gasteiger partial charge is 0.495 e. The lowest BCUT2D eigenvalue weighted by molar-refractivity contribution is 0.118. The Morgan fingerprint density at radius 3 is 2.72 bits per heavy atom. The maximum absolute atomic E-state index is 12.4. The molecular formula is C20H25N3O2. The highest BCUT2D eigenvalue weighted by Gasteiger charge is 2.31. The summed E-state index contributed by atoms with van der Waals surface area (Å²) < 4.78 is 5.31. The fourth-order valence-electron chi connectivity index (χ4n) is 3.20. The summed E-state index contributed by atoms with van der Waals surface area (Å²) in [7, 11) is 1.61. The summed E-state index contributed by atoms with van der Waals surface area (Å²) in [6, 6.07) is 10.4. The van der Waals surface area contributed by atoms with E-state index in [1.54, 1.807) is 19.5 Å². The van der Waals surface area contributed by atoms with Gasteiger partial charge in [-0.25, -0.2) is 4.79 Å². The third-order valence-electron chi connectivity index (χ3n) is 4.73. The van der Waals surface area contributed by atoms with Crippen LogP contribution in [0.5, 0.6) is 5.75 Å². The Morgan fingerprint density at radius 2 is 2.04 bits per heavy atom. The van der Waals surface area contributed by atoms with Gasteiger partial charge in [-0.05, 0) is 37.8 Å². The van der Waals surface area contributed by atoms with Gasteiger partial charge in [0.2, 0.25) is 0 Å². The van der Waals surface area contributed by atoms with Crippen LogP contribution < -0.4 is 10.1 Å². The van der Waals surface area contributed by atoms with Gasteiger partial charge in [0.1, 0.15) is 5.75 Å². The number of likely N-dealkylation sites (tertiary alicyclic amines) is 1. The zero-order valence-electron chi connectivity index (χ0n) is 15.0. The van der Waals surface area contributed by atoms with E-state index in [0.29, 0.717) is 11.7 Å². The molecule has 1 aromatic carbocycles. The van der Waals surface area contributed by atoms with Gasteiger partial charge in [0.25, 0.3) is 0 Å². The van der Waals surface area contributed by atoms with Crippen LogP contribution in [0, 0.1) is 12.8 Å². The Labute approximate surface area is 149 Å². The molecule has 1 N–H and O–H groups in total. The SMILES string of the molecule is COc1cnccc1C(C)NC(=O)N1CC(Cc2ccc(C)cc2)C1. The number of methoxy groups -OCH3 is 1. The molecule has 25 heavy (non-hydrogen) atoms. The normalized spacial score (nSPS) is 15.4. The fraction of sp³-hybridized carbons (Fsp3) is 0.400. The van der Waals surface area contributed by atoms with E-state index in [-0.39, 0.29) is 12.1 Å². The molecule has 3 rings (SSSR count). The van der Waals surface area contributed by atoms with E-state index in [2.05, 4.69) is 41.5 Å². The predicted octanol–water partition coefficient (Wildman–Crippen LogP) is 3.34. The van der Waals surface area contributed by atoms with E-state index in [0.717, 1.165) is 25.1 Å². The van der Waals surface area contributed by atoms with Crippen LogP contribution in [-0.2, 0) is 6.42 Å². The molecule has 1 aliphatic rings. The van der Waals surface area contributed by atoms with Crippen LogP contribution in [0.3, 0.4) is 0 Å². The number of nitrogens with one attached hydrogen (secondary N) is 1. The molecule has 5 heteroatoms. The summed E-state index contributed by atoms with van der Waals surface area (Å²) in [6.45, 7) is 5.66. The number of carbonyl (C=O) groups excluding carboxylic acids is 1. The van der Waals surface area contributed by atoms with Crippen LogP contribution >= 0.6 is 0 Å². The summed E-state index contributed by atoms with van der Waals surface area (Å²) in [5.74, 6) is 1.23. The van der Waals surface area contributed by atoms with Crippen molar-refractivity contribution < 1.29 is 9.53 Å². The number of hydrogen-bond donors (Lipinski definition) is 1. The number of urea groups is 1. The third kappa shape index (κ3) is 4.10. The summed E-state index contributed by atoms with van der Waals surface area (Å²) in [6.07, 6.45) is 4.40. The van der Waals surface area contributed by atoms with E-state index in [9.17, 15) is 4.79 Å². The van der Waals surface area contributed by atoms with Crippen LogP contribution in [0.25, 0.3) is 0 Å². The maximum atomic E-state index is 12.4. The van der Waals surface area contributed by atoms with E-state index < -0.39 is 0 Å². The summed E-state index contributed by atoms with van der Waals surface area (Å²) in [5, 5.41) is 3.04. The highest BCUT2D eigenvalue weighted by molar-refractivity contribution is 5.75. The minimum atomic E-state index is -0.124. The number of aromatic nitrogens is 1. The number of carbonyl (C=O) groups is 1. The van der Waals surface area contributed by atoms with Crippen LogP contribution in [0.1, 0.15) is 29.7 Å². The molecule has 1 aromatic heterocycles. The molecule has 1 saturated heterocycles. The zero-order valence-corrected chi connectivity index (χ0v) is 15.0. The quantitative estimate of drug-likeness (QED) is 0.909. The predicted molar refractivity (Wildman–Crippen MR) is 97.7 cm³/mol. The summed E-state index contributed by atoms with van der Waals surface area (Å²) in [5.41, 5.74) is 3.55. The number of benzene rings is 1. The molecule has 1 fully saturated rings. The molecule has 0 radical (unpaired) electrons. The highest BCUT2D eigenvalue weighted by Crippen LogP contribution is 2.25. The first-order chi connectivity index (χ1) is 12.1. The molecule has 0 spiro atoms. The Hall–Kier alpha value is -2.56. The van der Waals surface area contributed by atoms with Crippen LogP contribution in [0.2, 0.25) is 0 Å². The molecule has 1 unspecified atom stereocenters. The van der Waals surface area contributed by atoms with Crippen LogP contribution in [0.4, 0.5) is 4.79 Å². The fourth-order valence-corrected chi connectivity index (χ4v) is 3.20. The minimum absolute atomic E-state index is 0.0217. The van der Waals surface area contributed by atoms with Gasteiger partial charge in [0.05, 0.1) is 19.3 Å². The van der Waals surface area contributed by atoms with E-state index in [1.165, 1.54) is 11.1 Å². The molecule has 1 aliphatic heterocycles.